The third kappa shape index (κ3) is 4.75. The fraction of sp³-hybridized carbons (Fsp3) is 0.161. The van der Waals surface area contributed by atoms with E-state index in [9.17, 15) is 9.59 Å². The van der Waals surface area contributed by atoms with Gasteiger partial charge >= 0.3 is 0 Å². The van der Waals surface area contributed by atoms with Crippen molar-refractivity contribution < 1.29 is 4.79 Å². The standard InChI is InChI=1S/C31H27N9O2/c1-18(2)23-14-15-39-29(36-23)26(27(32)38-39)30(41)35-19(3)28-37-24-11-7-8-21(13-12-20-16-33-34-17-20)25(24)31(42)40(28)22-9-5-4-6-10-22/h4-11,14-19H,1-3H3,(H2,32,38)(H,33,34)(H,35,41)/t19-/m0/s1. The molecule has 0 spiro atoms. The minimum Gasteiger partial charge on any atom is -0.381 e. The Labute approximate surface area is 240 Å². The van der Waals surface area contributed by atoms with Gasteiger partial charge in [0, 0.05) is 23.7 Å². The molecule has 0 radical (unpaired) electrons. The molecule has 0 saturated carbocycles. The SMILES string of the molecule is CC(C)c1ccn2nc(N)c(C(=O)N[C@@H](C)c3nc4cccc(C#Cc5cn[nH]c5)c4c(=O)n3-c3ccccc3)c2n1. The van der Waals surface area contributed by atoms with Gasteiger partial charge in [0.25, 0.3) is 11.5 Å². The zero-order valence-electron chi connectivity index (χ0n) is 23.2. The number of nitrogens with two attached hydrogens (primary N) is 1. The van der Waals surface area contributed by atoms with Crippen LogP contribution in [0.3, 0.4) is 0 Å². The summed E-state index contributed by atoms with van der Waals surface area (Å²) in [6.45, 7) is 5.80. The molecule has 11 nitrogen and oxygen atoms in total. The van der Waals surface area contributed by atoms with Crippen LogP contribution in [0.2, 0.25) is 0 Å². The number of aromatic nitrogens is 7. The van der Waals surface area contributed by atoms with Crippen molar-refractivity contribution in [2.45, 2.75) is 32.7 Å². The van der Waals surface area contributed by atoms with Crippen molar-refractivity contribution in [3.63, 3.8) is 0 Å². The Morgan fingerprint density at radius 1 is 1.02 bits per heavy atom. The van der Waals surface area contributed by atoms with Gasteiger partial charge in [0.05, 0.1) is 34.4 Å². The van der Waals surface area contributed by atoms with Gasteiger partial charge < -0.3 is 11.1 Å². The molecular weight excluding hydrogens is 530 g/mol. The third-order valence-corrected chi connectivity index (χ3v) is 6.86. The Bertz CT molecular complexity index is 2070. The molecule has 4 heterocycles. The van der Waals surface area contributed by atoms with Crippen LogP contribution in [0.4, 0.5) is 5.82 Å². The number of amides is 1. The second-order valence-corrected chi connectivity index (χ2v) is 10.1. The quantitative estimate of drug-likeness (QED) is 0.273. The first-order valence-electron chi connectivity index (χ1n) is 13.4. The summed E-state index contributed by atoms with van der Waals surface area (Å²) in [5, 5.41) is 14.2. The Morgan fingerprint density at radius 3 is 2.57 bits per heavy atom. The molecule has 0 fully saturated rings. The number of nitrogens with zero attached hydrogens (tertiary/aromatic N) is 6. The molecule has 42 heavy (non-hydrogen) atoms. The molecule has 0 unspecified atom stereocenters. The van der Waals surface area contributed by atoms with E-state index in [0.717, 1.165) is 5.69 Å². The van der Waals surface area contributed by atoms with Gasteiger partial charge in [0.1, 0.15) is 11.4 Å². The van der Waals surface area contributed by atoms with E-state index in [1.807, 2.05) is 50.2 Å². The number of fused-ring (bicyclic) bond motifs is 2. The Balaban J connectivity index is 1.46. The lowest BCUT2D eigenvalue weighted by molar-refractivity contribution is 0.0940. The molecule has 1 amide bonds. The third-order valence-electron chi connectivity index (χ3n) is 6.86. The first-order chi connectivity index (χ1) is 20.3. The van der Waals surface area contributed by atoms with Gasteiger partial charge in [-0.3, -0.25) is 19.3 Å². The number of H-pyrrole nitrogens is 1. The van der Waals surface area contributed by atoms with Crippen molar-refractivity contribution in [2.24, 2.45) is 0 Å². The van der Waals surface area contributed by atoms with Gasteiger partial charge in [0.15, 0.2) is 11.5 Å². The summed E-state index contributed by atoms with van der Waals surface area (Å²) in [6, 6.07) is 15.6. The maximum atomic E-state index is 14.2. The maximum Gasteiger partial charge on any atom is 0.267 e. The number of para-hydroxylation sites is 1. The molecule has 11 heteroatoms. The minimum absolute atomic E-state index is 0.0564. The van der Waals surface area contributed by atoms with Crippen molar-refractivity contribution in [2.75, 3.05) is 5.73 Å². The number of carbonyl (C=O) groups is 1. The number of nitrogens with one attached hydrogen (secondary N) is 2. The highest BCUT2D eigenvalue weighted by molar-refractivity contribution is 6.04. The van der Waals surface area contributed by atoms with E-state index in [2.05, 4.69) is 37.4 Å². The first-order valence-corrected chi connectivity index (χ1v) is 13.4. The normalized spacial score (nSPS) is 11.9. The largest absolute Gasteiger partial charge is 0.381 e. The lowest BCUT2D eigenvalue weighted by atomic mass is 10.1. The molecule has 208 valence electrons. The molecule has 4 aromatic heterocycles. The Kier molecular flexibility index (Phi) is 6.72. The highest BCUT2D eigenvalue weighted by Gasteiger charge is 2.25. The smallest absolute Gasteiger partial charge is 0.267 e. The van der Waals surface area contributed by atoms with Crippen molar-refractivity contribution in [3.8, 4) is 17.5 Å². The highest BCUT2D eigenvalue weighted by atomic mass is 16.2. The summed E-state index contributed by atoms with van der Waals surface area (Å²) in [6.07, 6.45) is 5.02. The topological polar surface area (TPSA) is 149 Å². The molecule has 6 aromatic rings. The molecule has 0 aliphatic carbocycles. The number of rotatable bonds is 5. The van der Waals surface area contributed by atoms with Gasteiger partial charge in [0.2, 0.25) is 0 Å². The molecule has 0 saturated heterocycles. The fourth-order valence-corrected chi connectivity index (χ4v) is 4.76. The van der Waals surface area contributed by atoms with Crippen molar-refractivity contribution in [1.82, 2.24) is 39.7 Å². The van der Waals surface area contributed by atoms with E-state index in [1.165, 1.54) is 9.08 Å². The molecule has 6 rings (SSSR count). The van der Waals surface area contributed by atoms with Crippen LogP contribution in [0.5, 0.6) is 0 Å². The van der Waals surface area contributed by atoms with Crippen LogP contribution in [0.1, 0.15) is 65.7 Å². The number of benzene rings is 2. The summed E-state index contributed by atoms with van der Waals surface area (Å²) < 4.78 is 2.99. The summed E-state index contributed by atoms with van der Waals surface area (Å²) in [7, 11) is 0. The van der Waals surface area contributed by atoms with E-state index in [-0.39, 0.29) is 22.9 Å². The van der Waals surface area contributed by atoms with Crippen LogP contribution in [0, 0.1) is 11.8 Å². The summed E-state index contributed by atoms with van der Waals surface area (Å²) in [5.41, 5.74) is 9.48. The number of aromatic amines is 1. The zero-order chi connectivity index (χ0) is 29.4. The lowest BCUT2D eigenvalue weighted by Gasteiger charge is -2.20. The van der Waals surface area contributed by atoms with Gasteiger partial charge in [-0.1, -0.05) is 50.0 Å². The summed E-state index contributed by atoms with van der Waals surface area (Å²) >= 11 is 0. The molecule has 0 bridgehead atoms. The minimum atomic E-state index is -0.696. The van der Waals surface area contributed by atoms with Crippen LogP contribution in [-0.4, -0.2) is 40.3 Å². The zero-order valence-corrected chi connectivity index (χ0v) is 23.2. The number of anilines is 1. The van der Waals surface area contributed by atoms with Crippen molar-refractivity contribution in [1.29, 1.82) is 0 Å². The Hall–Kier alpha value is -5.76. The number of carbonyl (C=O) groups excluding carboxylic acids is 1. The predicted octanol–water partition coefficient (Wildman–Crippen LogP) is 3.75. The molecule has 2 aromatic carbocycles. The number of hydrogen-bond acceptors (Lipinski definition) is 7. The highest BCUT2D eigenvalue weighted by Crippen LogP contribution is 2.23. The van der Waals surface area contributed by atoms with Gasteiger partial charge in [-0.15, -0.1) is 5.10 Å². The second kappa shape index (κ2) is 10.7. The lowest BCUT2D eigenvalue weighted by Crippen LogP contribution is -2.33. The molecule has 0 aliphatic heterocycles. The molecule has 1 atom stereocenters. The summed E-state index contributed by atoms with van der Waals surface area (Å²) in [4.78, 5) is 37.3. The van der Waals surface area contributed by atoms with Gasteiger partial charge in [-0.05, 0) is 43.2 Å². The molecular formula is C31H27N9O2. The van der Waals surface area contributed by atoms with E-state index in [4.69, 9.17) is 10.7 Å². The van der Waals surface area contributed by atoms with Gasteiger partial charge in [-0.25, -0.2) is 14.5 Å². The van der Waals surface area contributed by atoms with E-state index >= 15 is 0 Å². The van der Waals surface area contributed by atoms with E-state index < -0.39 is 11.9 Å². The summed E-state index contributed by atoms with van der Waals surface area (Å²) in [5.74, 6) is 6.19. The Morgan fingerprint density at radius 2 is 1.83 bits per heavy atom. The van der Waals surface area contributed by atoms with Crippen LogP contribution in [-0.2, 0) is 0 Å². The fourth-order valence-electron chi connectivity index (χ4n) is 4.76. The van der Waals surface area contributed by atoms with Crippen LogP contribution < -0.4 is 16.6 Å². The predicted molar refractivity (Wildman–Crippen MR) is 159 cm³/mol. The first kappa shape index (κ1) is 26.5. The second-order valence-electron chi connectivity index (χ2n) is 10.1. The van der Waals surface area contributed by atoms with Crippen LogP contribution in [0.25, 0.3) is 22.2 Å². The monoisotopic (exact) mass is 557 g/mol. The van der Waals surface area contributed by atoms with Crippen molar-refractivity contribution in [3.05, 3.63) is 112 Å². The average molecular weight is 558 g/mol. The van der Waals surface area contributed by atoms with Crippen LogP contribution >= 0.6 is 0 Å². The van der Waals surface area contributed by atoms with Crippen molar-refractivity contribution >= 4 is 28.3 Å². The maximum absolute atomic E-state index is 14.2. The van der Waals surface area contributed by atoms with E-state index in [0.29, 0.717) is 39.2 Å². The molecule has 4 N–H and O–H groups in total. The van der Waals surface area contributed by atoms with Gasteiger partial charge in [-0.2, -0.15) is 5.10 Å². The number of nitrogen functional groups attached to an aromatic ring is 1. The number of hydrogen-bond donors (Lipinski definition) is 3. The average Bonchev–Trinajstić information content (AvgIpc) is 3.62. The van der Waals surface area contributed by atoms with Crippen LogP contribution in [0.15, 0.2) is 78.0 Å². The molecule has 0 aliphatic rings. The van der Waals surface area contributed by atoms with E-state index in [1.54, 1.807) is 43.7 Å².